The number of carboxylic acids is 1. The quantitative estimate of drug-likeness (QED) is 0.804. The molecule has 1 aliphatic heterocycles. The second-order valence-corrected chi connectivity index (χ2v) is 6.14. The van der Waals surface area contributed by atoms with Gasteiger partial charge in [-0.25, -0.2) is 0 Å². The summed E-state index contributed by atoms with van der Waals surface area (Å²) in [6.45, 7) is 11.4. The largest absolute Gasteiger partial charge is 0.481 e. The summed E-state index contributed by atoms with van der Waals surface area (Å²) >= 11 is 0. The maximum atomic E-state index is 11.3. The summed E-state index contributed by atoms with van der Waals surface area (Å²) in [6, 6.07) is 0. The third kappa shape index (κ3) is 3.70. The van der Waals surface area contributed by atoms with Crippen LogP contribution in [-0.4, -0.2) is 35.6 Å². The lowest BCUT2D eigenvalue weighted by molar-refractivity contribution is -0.151. The summed E-state index contributed by atoms with van der Waals surface area (Å²) in [7, 11) is 0. The molecule has 1 rings (SSSR count). The van der Waals surface area contributed by atoms with E-state index in [4.69, 9.17) is 0 Å². The van der Waals surface area contributed by atoms with Crippen LogP contribution in [0.4, 0.5) is 0 Å². The van der Waals surface area contributed by atoms with Crippen LogP contribution in [0.2, 0.25) is 0 Å². The molecule has 2 unspecified atom stereocenters. The topological polar surface area (TPSA) is 40.5 Å². The van der Waals surface area contributed by atoms with Crippen LogP contribution in [0.1, 0.15) is 47.0 Å². The number of nitrogens with zero attached hydrogens (tertiary/aromatic N) is 1. The van der Waals surface area contributed by atoms with E-state index in [1.165, 1.54) is 6.42 Å². The van der Waals surface area contributed by atoms with Crippen molar-refractivity contribution in [1.29, 1.82) is 0 Å². The van der Waals surface area contributed by atoms with Crippen LogP contribution in [0.3, 0.4) is 0 Å². The van der Waals surface area contributed by atoms with Gasteiger partial charge in [-0.05, 0) is 45.1 Å². The molecule has 1 heterocycles. The van der Waals surface area contributed by atoms with Gasteiger partial charge in [-0.2, -0.15) is 0 Å². The maximum Gasteiger partial charge on any atom is 0.309 e. The Hall–Kier alpha value is -0.570. The minimum Gasteiger partial charge on any atom is -0.481 e. The molecular weight excluding hydrogens is 214 g/mol. The van der Waals surface area contributed by atoms with Crippen LogP contribution in [0.15, 0.2) is 0 Å². The van der Waals surface area contributed by atoms with Gasteiger partial charge in [0.15, 0.2) is 0 Å². The Balaban J connectivity index is 2.57. The second-order valence-electron chi connectivity index (χ2n) is 6.14. The second kappa shape index (κ2) is 5.85. The van der Waals surface area contributed by atoms with Crippen LogP contribution < -0.4 is 0 Å². The molecule has 0 spiro atoms. The minimum atomic E-state index is -0.659. The van der Waals surface area contributed by atoms with E-state index in [2.05, 4.69) is 18.7 Å². The molecule has 0 saturated carbocycles. The van der Waals surface area contributed by atoms with Gasteiger partial charge in [0.2, 0.25) is 0 Å². The van der Waals surface area contributed by atoms with Gasteiger partial charge in [-0.15, -0.1) is 0 Å². The fourth-order valence-corrected chi connectivity index (χ4v) is 2.55. The van der Waals surface area contributed by atoms with E-state index in [1.54, 1.807) is 0 Å². The number of rotatable bonds is 5. The number of likely N-dealkylation sites (tertiary alicyclic amines) is 1. The van der Waals surface area contributed by atoms with Gasteiger partial charge in [0.1, 0.15) is 0 Å². The van der Waals surface area contributed by atoms with Crippen molar-refractivity contribution in [2.45, 2.75) is 47.0 Å². The Kier molecular flexibility index (Phi) is 4.99. The van der Waals surface area contributed by atoms with E-state index in [0.717, 1.165) is 32.5 Å². The summed E-state index contributed by atoms with van der Waals surface area (Å²) in [5.41, 5.74) is -0.589. The third-order valence-corrected chi connectivity index (χ3v) is 4.34. The number of hydrogen-bond acceptors (Lipinski definition) is 2. The van der Waals surface area contributed by atoms with E-state index >= 15 is 0 Å². The first-order valence-electron chi connectivity index (χ1n) is 6.83. The normalized spacial score (nSPS) is 24.6. The highest BCUT2D eigenvalue weighted by Crippen LogP contribution is 2.34. The predicted molar refractivity (Wildman–Crippen MR) is 70.0 cm³/mol. The summed E-state index contributed by atoms with van der Waals surface area (Å²) in [6.07, 6.45) is 3.39. The molecule has 0 amide bonds. The zero-order valence-corrected chi connectivity index (χ0v) is 11.7. The fourth-order valence-electron chi connectivity index (χ4n) is 2.55. The number of piperidine rings is 1. The summed E-state index contributed by atoms with van der Waals surface area (Å²) in [4.78, 5) is 13.7. The van der Waals surface area contributed by atoms with Crippen LogP contribution >= 0.6 is 0 Å². The molecule has 17 heavy (non-hydrogen) atoms. The molecular formula is C14H27NO2. The molecule has 2 atom stereocenters. The summed E-state index contributed by atoms with van der Waals surface area (Å²) in [5.74, 6) is 0.340. The molecule has 1 N–H and O–H groups in total. The zero-order valence-electron chi connectivity index (χ0n) is 11.7. The van der Waals surface area contributed by atoms with Crippen molar-refractivity contribution in [3.8, 4) is 0 Å². The highest BCUT2D eigenvalue weighted by atomic mass is 16.4. The Morgan fingerprint density at radius 2 is 2.18 bits per heavy atom. The first-order chi connectivity index (χ1) is 7.87. The van der Waals surface area contributed by atoms with Gasteiger partial charge in [0.25, 0.3) is 0 Å². The SMILES string of the molecule is CCC(C)CN1CCCC(C(C)(C)C(=O)O)C1. The molecule has 0 aliphatic carbocycles. The Bertz CT molecular complexity index is 263. The van der Waals surface area contributed by atoms with Gasteiger partial charge >= 0.3 is 5.97 Å². The van der Waals surface area contributed by atoms with E-state index in [-0.39, 0.29) is 5.92 Å². The van der Waals surface area contributed by atoms with Gasteiger partial charge in [0.05, 0.1) is 5.41 Å². The van der Waals surface area contributed by atoms with Crippen LogP contribution in [0.25, 0.3) is 0 Å². The number of hydrogen-bond donors (Lipinski definition) is 1. The molecule has 0 aromatic rings. The highest BCUT2D eigenvalue weighted by Gasteiger charge is 2.38. The molecule has 100 valence electrons. The van der Waals surface area contributed by atoms with E-state index in [1.807, 2.05) is 13.8 Å². The smallest absolute Gasteiger partial charge is 0.309 e. The van der Waals surface area contributed by atoms with Crippen LogP contribution in [0.5, 0.6) is 0 Å². The monoisotopic (exact) mass is 241 g/mol. The molecule has 1 saturated heterocycles. The molecule has 1 aliphatic rings. The third-order valence-electron chi connectivity index (χ3n) is 4.34. The molecule has 3 nitrogen and oxygen atoms in total. The van der Waals surface area contributed by atoms with E-state index < -0.39 is 11.4 Å². The number of carboxylic acid groups (broad SMARTS) is 1. The molecule has 0 radical (unpaired) electrons. The van der Waals surface area contributed by atoms with Crippen molar-refractivity contribution < 1.29 is 9.90 Å². The van der Waals surface area contributed by atoms with Crippen LogP contribution in [-0.2, 0) is 4.79 Å². The Morgan fingerprint density at radius 3 is 2.71 bits per heavy atom. The summed E-state index contributed by atoms with van der Waals surface area (Å²) < 4.78 is 0. The van der Waals surface area contributed by atoms with Crippen molar-refractivity contribution in [2.75, 3.05) is 19.6 Å². The van der Waals surface area contributed by atoms with Crippen molar-refractivity contribution in [3.05, 3.63) is 0 Å². The zero-order chi connectivity index (χ0) is 13.1. The van der Waals surface area contributed by atoms with Gasteiger partial charge < -0.3 is 10.0 Å². The first-order valence-corrected chi connectivity index (χ1v) is 6.83. The lowest BCUT2D eigenvalue weighted by atomic mass is 9.74. The molecule has 1 fully saturated rings. The van der Waals surface area contributed by atoms with Gasteiger partial charge in [-0.3, -0.25) is 4.79 Å². The maximum absolute atomic E-state index is 11.3. The fraction of sp³-hybridized carbons (Fsp3) is 0.929. The standard InChI is InChI=1S/C14H27NO2/c1-5-11(2)9-15-8-6-7-12(10-15)14(3,4)13(16)17/h11-12H,5-10H2,1-4H3,(H,16,17). The average molecular weight is 241 g/mol. The minimum absolute atomic E-state index is 0.290. The molecule has 0 bridgehead atoms. The van der Waals surface area contributed by atoms with Gasteiger partial charge in [0, 0.05) is 13.1 Å². The Morgan fingerprint density at radius 1 is 1.53 bits per heavy atom. The molecule has 0 aromatic heterocycles. The lowest BCUT2D eigenvalue weighted by Crippen LogP contribution is -2.45. The van der Waals surface area contributed by atoms with E-state index in [0.29, 0.717) is 5.92 Å². The Labute approximate surface area is 105 Å². The average Bonchev–Trinajstić information content (AvgIpc) is 2.29. The van der Waals surface area contributed by atoms with Crippen molar-refractivity contribution in [3.63, 3.8) is 0 Å². The van der Waals surface area contributed by atoms with Crippen molar-refractivity contribution in [1.82, 2.24) is 4.90 Å². The first kappa shape index (κ1) is 14.5. The molecule has 3 heteroatoms. The highest BCUT2D eigenvalue weighted by molar-refractivity contribution is 5.74. The van der Waals surface area contributed by atoms with Gasteiger partial charge in [-0.1, -0.05) is 20.3 Å². The lowest BCUT2D eigenvalue weighted by Gasteiger charge is -2.40. The van der Waals surface area contributed by atoms with E-state index in [9.17, 15) is 9.90 Å². The number of aliphatic carboxylic acids is 1. The summed E-state index contributed by atoms with van der Waals surface area (Å²) in [5, 5.41) is 9.29. The van der Waals surface area contributed by atoms with Crippen molar-refractivity contribution >= 4 is 5.97 Å². The van der Waals surface area contributed by atoms with Crippen molar-refractivity contribution in [2.24, 2.45) is 17.3 Å². The number of carbonyl (C=O) groups is 1. The van der Waals surface area contributed by atoms with Crippen LogP contribution in [0, 0.1) is 17.3 Å². The molecule has 0 aromatic carbocycles. The predicted octanol–water partition coefficient (Wildman–Crippen LogP) is 2.86.